The zero-order chi connectivity index (χ0) is 15.2. The molecule has 3 N–H and O–H groups in total. The van der Waals surface area contributed by atoms with E-state index in [4.69, 9.17) is 11.6 Å². The lowest BCUT2D eigenvalue weighted by Gasteiger charge is -2.11. The van der Waals surface area contributed by atoms with Crippen LogP contribution in [0.4, 0.5) is 5.82 Å². The zero-order valence-electron chi connectivity index (χ0n) is 11.7. The van der Waals surface area contributed by atoms with E-state index < -0.39 is 11.9 Å². The first-order valence-electron chi connectivity index (χ1n) is 6.56. The van der Waals surface area contributed by atoms with Crippen LogP contribution >= 0.6 is 11.6 Å². The lowest BCUT2D eigenvalue weighted by Crippen LogP contribution is -2.28. The van der Waals surface area contributed by atoms with Gasteiger partial charge in [-0.25, -0.2) is 4.98 Å². The van der Waals surface area contributed by atoms with Crippen LogP contribution in [-0.4, -0.2) is 38.1 Å². The molecular formula is C12H16ClN7O. The highest BCUT2D eigenvalue weighted by atomic mass is 35.5. The highest BCUT2D eigenvalue weighted by Crippen LogP contribution is 2.17. The summed E-state index contributed by atoms with van der Waals surface area (Å²) in [6.45, 7) is 4.56. The number of hydrogen-bond acceptors (Lipinski definition) is 6. The van der Waals surface area contributed by atoms with Crippen LogP contribution < -0.4 is 10.6 Å². The third kappa shape index (κ3) is 3.88. The Morgan fingerprint density at radius 2 is 2.29 bits per heavy atom. The van der Waals surface area contributed by atoms with Crippen LogP contribution in [0.25, 0.3) is 0 Å². The maximum Gasteiger partial charge on any atom is 0.272 e. The smallest absolute Gasteiger partial charge is 0.272 e. The Morgan fingerprint density at radius 3 is 2.95 bits per heavy atom. The number of aromatic nitrogens is 5. The van der Waals surface area contributed by atoms with Crippen LogP contribution in [0.3, 0.4) is 0 Å². The van der Waals surface area contributed by atoms with Gasteiger partial charge in [-0.3, -0.25) is 4.79 Å². The second-order valence-electron chi connectivity index (χ2n) is 4.42. The number of hydrogen-bond donors (Lipinski definition) is 3. The van der Waals surface area contributed by atoms with E-state index in [0.29, 0.717) is 11.6 Å². The van der Waals surface area contributed by atoms with Gasteiger partial charge in [0.15, 0.2) is 5.82 Å². The number of carbonyl (C=O) groups excluding carboxylic acids is 1. The van der Waals surface area contributed by atoms with Gasteiger partial charge in [0.2, 0.25) is 0 Å². The van der Waals surface area contributed by atoms with Gasteiger partial charge in [-0.2, -0.15) is 5.21 Å². The molecule has 112 valence electrons. The van der Waals surface area contributed by atoms with E-state index in [2.05, 4.69) is 36.2 Å². The fraction of sp³-hybridized carbons (Fsp3) is 0.417. The molecule has 0 saturated carbocycles. The summed E-state index contributed by atoms with van der Waals surface area (Å²) in [6.07, 6.45) is 0.959. The molecule has 0 aliphatic carbocycles. The number of H-pyrrole nitrogens is 1. The zero-order valence-corrected chi connectivity index (χ0v) is 12.5. The standard InChI is InChI=1S/C12H16ClN7O/c1-3-6-14-9-5-4-8(13)10(16-9)12(21)15-7(2)11-17-19-20-18-11/h4-5,7H,3,6H2,1-2H3,(H,14,16)(H,15,21)(H,17,18,19,20). The van der Waals surface area contributed by atoms with Crippen LogP contribution in [0.1, 0.15) is 42.6 Å². The van der Waals surface area contributed by atoms with Gasteiger partial charge in [-0.05, 0) is 25.5 Å². The van der Waals surface area contributed by atoms with Gasteiger partial charge in [0.1, 0.15) is 11.5 Å². The maximum atomic E-state index is 12.2. The predicted molar refractivity (Wildman–Crippen MR) is 78.1 cm³/mol. The van der Waals surface area contributed by atoms with Crippen molar-refractivity contribution in [3.63, 3.8) is 0 Å². The Balaban J connectivity index is 2.10. The van der Waals surface area contributed by atoms with Crippen molar-refractivity contribution >= 4 is 23.3 Å². The van der Waals surface area contributed by atoms with Crippen molar-refractivity contribution in [3.05, 3.63) is 28.7 Å². The third-order valence-electron chi connectivity index (χ3n) is 2.71. The minimum Gasteiger partial charge on any atom is -0.370 e. The van der Waals surface area contributed by atoms with Crippen molar-refractivity contribution in [2.45, 2.75) is 26.3 Å². The Hall–Kier alpha value is -2.22. The number of nitrogens with one attached hydrogen (secondary N) is 3. The summed E-state index contributed by atoms with van der Waals surface area (Å²) in [7, 11) is 0. The van der Waals surface area contributed by atoms with Crippen molar-refractivity contribution in [1.29, 1.82) is 0 Å². The Labute approximate surface area is 126 Å². The SMILES string of the molecule is CCCNc1ccc(Cl)c(C(=O)NC(C)c2nn[nH]n2)n1. The Morgan fingerprint density at radius 1 is 1.48 bits per heavy atom. The number of aromatic amines is 1. The van der Waals surface area contributed by atoms with Gasteiger partial charge in [0.25, 0.3) is 5.91 Å². The normalized spacial score (nSPS) is 12.0. The molecule has 0 aliphatic heterocycles. The summed E-state index contributed by atoms with van der Waals surface area (Å²) in [4.78, 5) is 16.4. The molecule has 0 aromatic carbocycles. The van der Waals surface area contributed by atoms with Gasteiger partial charge in [-0.1, -0.05) is 23.7 Å². The summed E-state index contributed by atoms with van der Waals surface area (Å²) >= 11 is 6.03. The second kappa shape index (κ2) is 6.98. The minimum absolute atomic E-state index is 0.160. The Bertz CT molecular complexity index is 602. The van der Waals surface area contributed by atoms with E-state index in [1.165, 1.54) is 0 Å². The lowest BCUT2D eigenvalue weighted by molar-refractivity contribution is 0.0933. The third-order valence-corrected chi connectivity index (χ3v) is 3.02. The van der Waals surface area contributed by atoms with Crippen molar-refractivity contribution in [2.75, 3.05) is 11.9 Å². The van der Waals surface area contributed by atoms with Gasteiger partial charge >= 0.3 is 0 Å². The van der Waals surface area contributed by atoms with Crippen molar-refractivity contribution in [2.24, 2.45) is 0 Å². The molecule has 1 amide bonds. The number of tetrazole rings is 1. The monoisotopic (exact) mass is 309 g/mol. The molecule has 1 unspecified atom stereocenters. The number of pyridine rings is 1. The molecule has 0 fully saturated rings. The molecule has 2 rings (SSSR count). The molecule has 0 spiro atoms. The molecule has 0 aliphatic rings. The molecular weight excluding hydrogens is 294 g/mol. The number of amides is 1. The number of carbonyl (C=O) groups is 1. The molecule has 2 aromatic rings. The molecule has 1 atom stereocenters. The molecule has 21 heavy (non-hydrogen) atoms. The van der Waals surface area contributed by atoms with E-state index in [1.54, 1.807) is 19.1 Å². The largest absolute Gasteiger partial charge is 0.370 e. The molecule has 0 radical (unpaired) electrons. The molecule has 9 heteroatoms. The molecule has 2 aromatic heterocycles. The van der Waals surface area contributed by atoms with E-state index in [-0.39, 0.29) is 10.7 Å². The first-order valence-corrected chi connectivity index (χ1v) is 6.94. The van der Waals surface area contributed by atoms with Crippen LogP contribution in [0.15, 0.2) is 12.1 Å². The highest BCUT2D eigenvalue weighted by molar-refractivity contribution is 6.33. The van der Waals surface area contributed by atoms with Crippen LogP contribution in [0, 0.1) is 0 Å². The van der Waals surface area contributed by atoms with E-state index >= 15 is 0 Å². The fourth-order valence-electron chi connectivity index (χ4n) is 1.64. The summed E-state index contributed by atoms with van der Waals surface area (Å²) in [5.41, 5.74) is 0.160. The van der Waals surface area contributed by atoms with E-state index in [1.807, 2.05) is 6.92 Å². The van der Waals surface area contributed by atoms with Gasteiger partial charge in [0, 0.05) is 6.54 Å². The van der Waals surface area contributed by atoms with E-state index in [0.717, 1.165) is 13.0 Å². The van der Waals surface area contributed by atoms with E-state index in [9.17, 15) is 4.79 Å². The topological polar surface area (TPSA) is 108 Å². The summed E-state index contributed by atoms with van der Waals surface area (Å²) < 4.78 is 0. The minimum atomic E-state index is -0.402. The number of anilines is 1. The van der Waals surface area contributed by atoms with Gasteiger partial charge in [0.05, 0.1) is 11.1 Å². The predicted octanol–water partition coefficient (Wildman–Crippen LogP) is 1.56. The number of rotatable bonds is 6. The summed E-state index contributed by atoms with van der Waals surface area (Å²) in [6, 6.07) is 2.97. The highest BCUT2D eigenvalue weighted by Gasteiger charge is 2.18. The van der Waals surface area contributed by atoms with Crippen molar-refractivity contribution < 1.29 is 4.79 Å². The van der Waals surface area contributed by atoms with Crippen LogP contribution in [0.5, 0.6) is 0 Å². The molecule has 0 saturated heterocycles. The van der Waals surface area contributed by atoms with Crippen molar-refractivity contribution in [1.82, 2.24) is 30.9 Å². The first-order chi connectivity index (χ1) is 10.1. The lowest BCUT2D eigenvalue weighted by atomic mass is 10.2. The number of nitrogens with zero attached hydrogens (tertiary/aromatic N) is 4. The van der Waals surface area contributed by atoms with Crippen molar-refractivity contribution in [3.8, 4) is 0 Å². The molecule has 8 nitrogen and oxygen atoms in total. The van der Waals surface area contributed by atoms with Gasteiger partial charge in [-0.15, -0.1) is 10.2 Å². The van der Waals surface area contributed by atoms with Crippen LogP contribution in [-0.2, 0) is 0 Å². The fourth-order valence-corrected chi connectivity index (χ4v) is 1.83. The quantitative estimate of drug-likeness (QED) is 0.747. The van der Waals surface area contributed by atoms with Gasteiger partial charge < -0.3 is 10.6 Å². The average molecular weight is 310 g/mol. The second-order valence-corrected chi connectivity index (χ2v) is 4.83. The first kappa shape index (κ1) is 15.2. The summed E-state index contributed by atoms with van der Waals surface area (Å²) in [5, 5.41) is 19.5. The van der Waals surface area contributed by atoms with Crippen LogP contribution in [0.2, 0.25) is 5.02 Å². The Kier molecular flexibility index (Phi) is 5.04. The average Bonchev–Trinajstić information content (AvgIpc) is 3.00. The number of halogens is 1. The molecule has 0 bridgehead atoms. The summed E-state index contributed by atoms with van der Waals surface area (Å²) in [5.74, 6) is 0.607. The maximum absolute atomic E-state index is 12.2. The molecule has 2 heterocycles.